The first-order valence-corrected chi connectivity index (χ1v) is 7.10. The minimum Gasteiger partial charge on any atom is -0.397 e. The Hall–Kier alpha value is -3.78. The van der Waals surface area contributed by atoms with Crippen LogP contribution in [0.15, 0.2) is 29.3 Å². The molecule has 6 N–H and O–H groups in total. The maximum absolute atomic E-state index is 9.27. The van der Waals surface area contributed by atoms with Gasteiger partial charge in [0.2, 0.25) is 5.96 Å². The van der Waals surface area contributed by atoms with E-state index in [0.717, 1.165) is 11.1 Å². The fourth-order valence-corrected chi connectivity index (χ4v) is 2.57. The normalized spacial score (nSPS) is 15.3. The molecule has 2 heterocycles. The van der Waals surface area contributed by atoms with Crippen molar-refractivity contribution in [3.8, 4) is 12.3 Å². The van der Waals surface area contributed by atoms with Crippen molar-refractivity contribution in [2.45, 2.75) is 13.0 Å². The third-order valence-electron chi connectivity index (χ3n) is 3.75. The van der Waals surface area contributed by atoms with Crippen LogP contribution < -0.4 is 22.1 Å². The molecule has 8 heteroatoms. The van der Waals surface area contributed by atoms with E-state index in [1.165, 1.54) is 0 Å². The van der Waals surface area contributed by atoms with Crippen molar-refractivity contribution in [3.05, 3.63) is 46.5 Å². The Morgan fingerprint density at radius 2 is 1.92 bits per heavy atom. The number of aliphatic imine (C=N–C) groups is 1. The number of hydrogen-bond acceptors (Lipinski definition) is 8. The zero-order valence-electron chi connectivity index (χ0n) is 12.8. The topological polar surface area (TPSA) is 149 Å². The molecule has 2 aromatic rings. The minimum absolute atomic E-state index is 0.0297. The molecule has 1 aromatic carbocycles. The molecule has 3 rings (SSSR count). The highest BCUT2D eigenvalue weighted by molar-refractivity contribution is 5.98. The number of nitrogens with two attached hydrogens (primary N) is 2. The fourth-order valence-electron chi connectivity index (χ4n) is 2.57. The second kappa shape index (κ2) is 5.78. The SMILES string of the molecule is Cc1ccc(C2N=C(NC#N)Nc3nc(N)c(C#N)c(N)c32)cc1. The molecule has 0 radical (unpaired) electrons. The van der Waals surface area contributed by atoms with Gasteiger partial charge in [-0.2, -0.15) is 10.5 Å². The molecule has 1 aliphatic rings. The number of pyridine rings is 1. The molecule has 0 saturated carbocycles. The zero-order chi connectivity index (χ0) is 17.3. The Kier molecular flexibility index (Phi) is 3.64. The fraction of sp³-hybridized carbons (Fsp3) is 0.125. The number of nitrogens with zero attached hydrogens (tertiary/aromatic N) is 4. The third kappa shape index (κ3) is 2.42. The summed E-state index contributed by atoms with van der Waals surface area (Å²) in [6.07, 6.45) is 1.82. The molecule has 0 aliphatic carbocycles. The average molecular weight is 318 g/mol. The molecule has 0 spiro atoms. The molecule has 118 valence electrons. The highest BCUT2D eigenvalue weighted by atomic mass is 15.2. The maximum Gasteiger partial charge on any atom is 0.211 e. The number of benzene rings is 1. The van der Waals surface area contributed by atoms with Crippen LogP contribution in [-0.2, 0) is 0 Å². The smallest absolute Gasteiger partial charge is 0.211 e. The van der Waals surface area contributed by atoms with Gasteiger partial charge < -0.3 is 16.8 Å². The van der Waals surface area contributed by atoms with Crippen LogP contribution >= 0.6 is 0 Å². The van der Waals surface area contributed by atoms with Crippen molar-refractivity contribution in [3.63, 3.8) is 0 Å². The van der Waals surface area contributed by atoms with Gasteiger partial charge in [-0.25, -0.2) is 9.98 Å². The van der Waals surface area contributed by atoms with Gasteiger partial charge in [-0.15, -0.1) is 0 Å². The first kappa shape index (κ1) is 15.1. The van der Waals surface area contributed by atoms with Crippen molar-refractivity contribution in [2.75, 3.05) is 16.8 Å². The van der Waals surface area contributed by atoms with E-state index in [1.807, 2.05) is 43.5 Å². The van der Waals surface area contributed by atoms with E-state index in [2.05, 4.69) is 20.6 Å². The van der Waals surface area contributed by atoms with Crippen LogP contribution in [0.2, 0.25) is 0 Å². The average Bonchev–Trinajstić information content (AvgIpc) is 2.55. The molecule has 0 saturated heterocycles. The number of nitrogen functional groups attached to an aromatic ring is 2. The van der Waals surface area contributed by atoms with Gasteiger partial charge in [-0.3, -0.25) is 5.32 Å². The van der Waals surface area contributed by atoms with Crippen molar-refractivity contribution in [2.24, 2.45) is 4.99 Å². The summed E-state index contributed by atoms with van der Waals surface area (Å²) in [5.41, 5.74) is 14.8. The summed E-state index contributed by atoms with van der Waals surface area (Å²) < 4.78 is 0. The Morgan fingerprint density at radius 1 is 1.21 bits per heavy atom. The molecule has 1 unspecified atom stereocenters. The second-order valence-electron chi connectivity index (χ2n) is 5.31. The number of aryl methyl sites for hydroxylation is 1. The molecule has 24 heavy (non-hydrogen) atoms. The maximum atomic E-state index is 9.27. The Morgan fingerprint density at radius 3 is 2.54 bits per heavy atom. The first-order valence-electron chi connectivity index (χ1n) is 7.10. The lowest BCUT2D eigenvalue weighted by Gasteiger charge is -2.26. The van der Waals surface area contributed by atoms with Crippen molar-refractivity contribution in [1.29, 1.82) is 10.5 Å². The lowest BCUT2D eigenvalue weighted by Crippen LogP contribution is -2.32. The van der Waals surface area contributed by atoms with E-state index < -0.39 is 6.04 Å². The molecule has 0 fully saturated rings. The number of aromatic nitrogens is 1. The van der Waals surface area contributed by atoms with Gasteiger partial charge in [0.15, 0.2) is 6.19 Å². The molecule has 8 nitrogen and oxygen atoms in total. The summed E-state index contributed by atoms with van der Waals surface area (Å²) in [6, 6.07) is 9.22. The van der Waals surface area contributed by atoms with E-state index in [1.54, 1.807) is 0 Å². The van der Waals surface area contributed by atoms with Crippen molar-refractivity contribution >= 4 is 23.3 Å². The van der Waals surface area contributed by atoms with Crippen LogP contribution in [0.5, 0.6) is 0 Å². The number of guanidine groups is 1. The molecule has 1 aromatic heterocycles. The molecule has 1 atom stereocenters. The number of nitriles is 2. The summed E-state index contributed by atoms with van der Waals surface area (Å²) in [7, 11) is 0. The predicted molar refractivity (Wildman–Crippen MR) is 90.6 cm³/mol. The van der Waals surface area contributed by atoms with Crippen LogP contribution in [0.1, 0.15) is 28.3 Å². The first-order chi connectivity index (χ1) is 11.5. The van der Waals surface area contributed by atoms with Crippen LogP contribution in [-0.4, -0.2) is 10.9 Å². The van der Waals surface area contributed by atoms with Gasteiger partial charge >= 0.3 is 0 Å². The van der Waals surface area contributed by atoms with Crippen LogP contribution in [0.4, 0.5) is 17.3 Å². The standard InChI is InChI=1S/C16H14N8/c1-8-2-4-9(5-3-8)13-11-12(19)10(6-17)14(20)23-15(11)24-16(22-13)21-7-18/h2-5,13H,1H3,(H6,19,20,21,22,23,24). The van der Waals surface area contributed by atoms with Crippen LogP contribution in [0, 0.1) is 29.7 Å². The lowest BCUT2D eigenvalue weighted by molar-refractivity contribution is 0.846. The van der Waals surface area contributed by atoms with Gasteiger partial charge in [0.25, 0.3) is 0 Å². The third-order valence-corrected chi connectivity index (χ3v) is 3.75. The summed E-state index contributed by atoms with van der Waals surface area (Å²) in [4.78, 5) is 8.69. The highest BCUT2D eigenvalue weighted by Gasteiger charge is 2.29. The van der Waals surface area contributed by atoms with E-state index in [9.17, 15) is 5.26 Å². The summed E-state index contributed by atoms with van der Waals surface area (Å²) >= 11 is 0. The number of hydrogen-bond donors (Lipinski definition) is 4. The molecular weight excluding hydrogens is 304 g/mol. The van der Waals surface area contributed by atoms with E-state index in [4.69, 9.17) is 16.7 Å². The van der Waals surface area contributed by atoms with Crippen molar-refractivity contribution < 1.29 is 0 Å². The van der Waals surface area contributed by atoms with Gasteiger partial charge in [-0.1, -0.05) is 29.8 Å². The van der Waals surface area contributed by atoms with E-state index >= 15 is 0 Å². The van der Waals surface area contributed by atoms with Gasteiger partial charge in [0.1, 0.15) is 29.3 Å². The summed E-state index contributed by atoms with van der Waals surface area (Å²) in [5.74, 6) is 0.649. The Balaban J connectivity index is 2.23. The van der Waals surface area contributed by atoms with Gasteiger partial charge in [-0.05, 0) is 12.5 Å². The molecular formula is C16H14N8. The number of anilines is 3. The van der Waals surface area contributed by atoms with Gasteiger partial charge in [0.05, 0.1) is 5.69 Å². The zero-order valence-corrected chi connectivity index (χ0v) is 12.8. The monoisotopic (exact) mass is 318 g/mol. The van der Waals surface area contributed by atoms with E-state index in [-0.39, 0.29) is 23.0 Å². The van der Waals surface area contributed by atoms with Crippen LogP contribution in [0.3, 0.4) is 0 Å². The molecule has 0 bridgehead atoms. The summed E-state index contributed by atoms with van der Waals surface area (Å²) in [5, 5.41) is 23.5. The molecule has 0 amide bonds. The largest absolute Gasteiger partial charge is 0.397 e. The van der Waals surface area contributed by atoms with E-state index in [0.29, 0.717) is 11.4 Å². The minimum atomic E-state index is -0.502. The Bertz CT molecular complexity index is 915. The second-order valence-corrected chi connectivity index (χ2v) is 5.31. The quantitative estimate of drug-likeness (QED) is 0.458. The molecule has 1 aliphatic heterocycles. The summed E-state index contributed by atoms with van der Waals surface area (Å²) in [6.45, 7) is 1.98. The number of nitrogens with one attached hydrogen (secondary N) is 2. The van der Waals surface area contributed by atoms with Crippen molar-refractivity contribution in [1.82, 2.24) is 10.3 Å². The number of fused-ring (bicyclic) bond motifs is 1. The highest BCUT2D eigenvalue weighted by Crippen LogP contribution is 2.40. The lowest BCUT2D eigenvalue weighted by atomic mass is 9.94. The van der Waals surface area contributed by atoms with Crippen LogP contribution in [0.25, 0.3) is 0 Å². The Labute approximate surface area is 138 Å². The van der Waals surface area contributed by atoms with Gasteiger partial charge in [0, 0.05) is 5.56 Å². The number of rotatable bonds is 1. The predicted octanol–water partition coefficient (Wildman–Crippen LogP) is 1.37.